The molecule has 166 valence electrons. The maximum Gasteiger partial charge on any atom is 0.317 e. The molecular weight excluding hydrogens is 352 g/mol. The molecule has 0 bridgehead atoms. The molecule has 4 nitrogen and oxygen atoms in total. The molecule has 0 aliphatic rings. The lowest BCUT2D eigenvalue weighted by Gasteiger charge is -2.12. The second-order valence-electron chi connectivity index (χ2n) is 8.08. The molecule has 0 rings (SSSR count). The van der Waals surface area contributed by atoms with E-state index >= 15 is 0 Å². The van der Waals surface area contributed by atoms with E-state index in [1.54, 1.807) is 0 Å². The number of rotatable bonds is 20. The average Bonchev–Trinajstić information content (AvgIpc) is 2.66. The number of carbonyl (C=O) groups excluding carboxylic acids is 2. The Balaban J connectivity index is 3.35. The van der Waals surface area contributed by atoms with Gasteiger partial charge >= 0.3 is 11.9 Å². The predicted octanol–water partition coefficient (Wildman–Crippen LogP) is 7.13. The van der Waals surface area contributed by atoms with Gasteiger partial charge in [0.05, 0.1) is 12.7 Å². The van der Waals surface area contributed by atoms with Gasteiger partial charge < -0.3 is 9.47 Å². The number of hydrogen-bond acceptors (Lipinski definition) is 4. The number of esters is 2. The molecule has 0 saturated carbocycles. The van der Waals surface area contributed by atoms with E-state index in [2.05, 4.69) is 13.8 Å². The van der Waals surface area contributed by atoms with Crippen LogP contribution in [0.5, 0.6) is 0 Å². The first-order valence-electron chi connectivity index (χ1n) is 11.9. The molecule has 0 spiro atoms. The van der Waals surface area contributed by atoms with Gasteiger partial charge in [-0.3, -0.25) is 9.59 Å². The quantitative estimate of drug-likeness (QED) is 0.124. The molecule has 0 aromatic rings. The Kier molecular flexibility index (Phi) is 19.9. The lowest BCUT2D eigenvalue weighted by atomic mass is 10.0. The first-order chi connectivity index (χ1) is 13.6. The second-order valence-corrected chi connectivity index (χ2v) is 8.08. The Morgan fingerprint density at radius 3 is 1.61 bits per heavy atom. The van der Waals surface area contributed by atoms with Gasteiger partial charge in [0.25, 0.3) is 0 Å². The summed E-state index contributed by atoms with van der Waals surface area (Å²) in [7, 11) is 0. The Morgan fingerprint density at radius 2 is 1.11 bits per heavy atom. The van der Waals surface area contributed by atoms with Gasteiger partial charge in [0.2, 0.25) is 0 Å². The molecule has 0 radical (unpaired) electrons. The largest absolute Gasteiger partial charge is 0.465 e. The molecule has 0 aromatic heterocycles. The van der Waals surface area contributed by atoms with E-state index in [0.29, 0.717) is 6.61 Å². The van der Waals surface area contributed by atoms with Gasteiger partial charge in [-0.25, -0.2) is 0 Å². The predicted molar refractivity (Wildman–Crippen MR) is 116 cm³/mol. The van der Waals surface area contributed by atoms with Crippen molar-refractivity contribution < 1.29 is 19.1 Å². The Bertz CT molecular complexity index is 368. The standard InChI is InChI=1S/C24H46O4/c1-4-6-8-9-10-11-12-13-14-15-16-17-18-20-27-23(25)21-24(26)28-22(3)19-7-5-2/h22H,4-21H2,1-3H3. The van der Waals surface area contributed by atoms with Crippen molar-refractivity contribution in [3.63, 3.8) is 0 Å². The van der Waals surface area contributed by atoms with Gasteiger partial charge in [-0.2, -0.15) is 0 Å². The van der Waals surface area contributed by atoms with Crippen molar-refractivity contribution in [3.8, 4) is 0 Å². The fourth-order valence-corrected chi connectivity index (χ4v) is 3.29. The number of hydrogen-bond donors (Lipinski definition) is 0. The van der Waals surface area contributed by atoms with E-state index in [0.717, 1.165) is 32.1 Å². The summed E-state index contributed by atoms with van der Waals surface area (Å²) in [6.45, 7) is 6.64. The minimum Gasteiger partial charge on any atom is -0.465 e. The van der Waals surface area contributed by atoms with Crippen molar-refractivity contribution in [3.05, 3.63) is 0 Å². The molecule has 1 atom stereocenters. The van der Waals surface area contributed by atoms with Crippen molar-refractivity contribution in [1.29, 1.82) is 0 Å². The first kappa shape index (κ1) is 26.9. The molecular formula is C24H46O4. The summed E-state index contributed by atoms with van der Waals surface area (Å²) in [4.78, 5) is 23.3. The van der Waals surface area contributed by atoms with Crippen LogP contribution in [0, 0.1) is 0 Å². The van der Waals surface area contributed by atoms with Crippen molar-refractivity contribution in [2.24, 2.45) is 0 Å². The molecule has 0 aliphatic heterocycles. The highest BCUT2D eigenvalue weighted by Crippen LogP contribution is 2.12. The van der Waals surface area contributed by atoms with E-state index in [9.17, 15) is 9.59 Å². The molecule has 0 saturated heterocycles. The second kappa shape index (κ2) is 20.7. The summed E-state index contributed by atoms with van der Waals surface area (Å²) in [5.74, 6) is -0.939. The van der Waals surface area contributed by atoms with Crippen LogP contribution >= 0.6 is 0 Å². The third-order valence-corrected chi connectivity index (χ3v) is 5.10. The molecule has 0 N–H and O–H groups in total. The molecule has 28 heavy (non-hydrogen) atoms. The molecule has 0 aliphatic carbocycles. The van der Waals surface area contributed by atoms with Crippen LogP contribution in [-0.2, 0) is 19.1 Å². The minimum absolute atomic E-state index is 0.124. The fraction of sp³-hybridized carbons (Fsp3) is 0.917. The van der Waals surface area contributed by atoms with Crippen molar-refractivity contribution >= 4 is 11.9 Å². The molecule has 4 heteroatoms. The topological polar surface area (TPSA) is 52.6 Å². The highest BCUT2D eigenvalue weighted by atomic mass is 16.6. The third-order valence-electron chi connectivity index (χ3n) is 5.10. The SMILES string of the molecule is CCCCCCCCCCCCCCCOC(=O)CC(=O)OC(C)CCCC. The van der Waals surface area contributed by atoms with Gasteiger partial charge in [0.1, 0.15) is 6.42 Å². The van der Waals surface area contributed by atoms with Crippen LogP contribution in [0.25, 0.3) is 0 Å². The first-order valence-corrected chi connectivity index (χ1v) is 11.9. The zero-order valence-corrected chi connectivity index (χ0v) is 18.9. The summed E-state index contributed by atoms with van der Waals surface area (Å²) in [5.41, 5.74) is 0. The van der Waals surface area contributed by atoms with Crippen LogP contribution in [0.2, 0.25) is 0 Å². The number of ether oxygens (including phenoxy) is 2. The van der Waals surface area contributed by atoms with Gasteiger partial charge in [0, 0.05) is 0 Å². The number of carbonyl (C=O) groups is 2. The van der Waals surface area contributed by atoms with E-state index < -0.39 is 11.9 Å². The molecule has 0 fully saturated rings. The lowest BCUT2D eigenvalue weighted by molar-refractivity contribution is -0.157. The Labute approximate surface area is 174 Å². The summed E-state index contributed by atoms with van der Waals surface area (Å²) < 4.78 is 10.3. The zero-order chi connectivity index (χ0) is 20.9. The molecule has 0 amide bonds. The Morgan fingerprint density at radius 1 is 0.643 bits per heavy atom. The average molecular weight is 399 g/mol. The van der Waals surface area contributed by atoms with Crippen LogP contribution in [0.3, 0.4) is 0 Å². The van der Waals surface area contributed by atoms with Crippen LogP contribution in [0.4, 0.5) is 0 Å². The number of unbranched alkanes of at least 4 members (excludes halogenated alkanes) is 13. The van der Waals surface area contributed by atoms with E-state index in [1.807, 2.05) is 6.92 Å². The van der Waals surface area contributed by atoms with E-state index in [4.69, 9.17) is 9.47 Å². The lowest BCUT2D eigenvalue weighted by Crippen LogP contribution is -2.19. The summed E-state index contributed by atoms with van der Waals surface area (Å²) in [6, 6.07) is 0. The van der Waals surface area contributed by atoms with E-state index in [1.165, 1.54) is 70.6 Å². The van der Waals surface area contributed by atoms with Gasteiger partial charge in [-0.1, -0.05) is 104 Å². The van der Waals surface area contributed by atoms with Gasteiger partial charge in [-0.15, -0.1) is 0 Å². The fourth-order valence-electron chi connectivity index (χ4n) is 3.29. The van der Waals surface area contributed by atoms with Gasteiger partial charge in [0.15, 0.2) is 0 Å². The summed E-state index contributed by atoms with van der Waals surface area (Å²) >= 11 is 0. The van der Waals surface area contributed by atoms with Crippen LogP contribution in [-0.4, -0.2) is 24.6 Å². The maximum absolute atomic E-state index is 11.7. The van der Waals surface area contributed by atoms with Crippen LogP contribution in [0.15, 0.2) is 0 Å². The van der Waals surface area contributed by atoms with Gasteiger partial charge in [-0.05, 0) is 19.8 Å². The molecule has 0 heterocycles. The smallest absolute Gasteiger partial charge is 0.317 e. The van der Waals surface area contributed by atoms with Crippen molar-refractivity contribution in [1.82, 2.24) is 0 Å². The normalized spacial score (nSPS) is 12.0. The molecule has 1 unspecified atom stereocenters. The van der Waals surface area contributed by atoms with E-state index in [-0.39, 0.29) is 12.5 Å². The molecule has 0 aromatic carbocycles. The summed E-state index contributed by atoms with van der Waals surface area (Å²) in [6.07, 6.45) is 19.3. The summed E-state index contributed by atoms with van der Waals surface area (Å²) in [5, 5.41) is 0. The Hall–Kier alpha value is -1.06. The monoisotopic (exact) mass is 398 g/mol. The van der Waals surface area contributed by atoms with Crippen LogP contribution in [0.1, 0.15) is 130 Å². The third kappa shape index (κ3) is 19.7. The minimum atomic E-state index is -0.473. The highest BCUT2D eigenvalue weighted by Gasteiger charge is 2.14. The highest BCUT2D eigenvalue weighted by molar-refractivity contribution is 5.91. The zero-order valence-electron chi connectivity index (χ0n) is 18.9. The van der Waals surface area contributed by atoms with Crippen LogP contribution < -0.4 is 0 Å². The van der Waals surface area contributed by atoms with Crippen molar-refractivity contribution in [2.75, 3.05) is 6.61 Å². The van der Waals surface area contributed by atoms with Crippen molar-refractivity contribution in [2.45, 2.75) is 136 Å². The maximum atomic E-state index is 11.7.